The van der Waals surface area contributed by atoms with Crippen LogP contribution in [0.2, 0.25) is 0 Å². The molecule has 4 nitrogen and oxygen atoms in total. The number of hydrogen-bond donors (Lipinski definition) is 0. The number of halogens is 1. The zero-order valence-corrected chi connectivity index (χ0v) is 11.2. The summed E-state index contributed by atoms with van der Waals surface area (Å²) in [4.78, 5) is 25.6. The summed E-state index contributed by atoms with van der Waals surface area (Å²) in [6.45, 7) is 0. The third-order valence-electron chi connectivity index (χ3n) is 0. The second-order valence-electron chi connectivity index (χ2n) is 0.447. The van der Waals surface area contributed by atoms with Gasteiger partial charge in [-0.1, -0.05) is 0 Å². The van der Waals surface area contributed by atoms with Crippen LogP contribution < -0.4 is 27.1 Å². The third kappa shape index (κ3) is 61.4. The minimum atomic E-state index is -5.39. The maximum atomic E-state index is 8.55. The van der Waals surface area contributed by atoms with Crippen molar-refractivity contribution in [2.75, 3.05) is 0 Å². The second kappa shape index (κ2) is 10.1. The molecule has 0 fully saturated rings. The molecule has 0 unspecified atom stereocenters. The summed E-state index contributed by atoms with van der Waals surface area (Å²) in [5, 5.41) is 0. The molecule has 0 radical (unpaired) electrons. The van der Waals surface area contributed by atoms with Gasteiger partial charge in [0.25, 0.3) is 0 Å². The van der Waals surface area contributed by atoms with Gasteiger partial charge in [-0.3, -0.25) is 0 Å². The van der Waals surface area contributed by atoms with Crippen molar-refractivity contribution in [3.05, 3.63) is 0 Å². The first-order valence-electron chi connectivity index (χ1n) is 0.730. The van der Waals surface area contributed by atoms with Crippen LogP contribution in [0.25, 0.3) is 0 Å². The molecule has 0 bridgehead atoms. The number of phosphoric acid groups is 1. The molecule has 0 saturated carbocycles. The Labute approximate surface area is 120 Å². The molecular weight excluding hydrogens is 258 g/mol. The topological polar surface area (TPSA) is 86.2 Å². The van der Waals surface area contributed by atoms with E-state index in [1.807, 2.05) is 0 Å². The SMILES string of the molecule is O=P([O-])([O-])[O-].[Ca+2].[Cl-].[Sr+2]. The fourth-order valence-corrected chi connectivity index (χ4v) is 0. The maximum absolute atomic E-state index is 8.55. The van der Waals surface area contributed by atoms with Crippen molar-refractivity contribution in [1.29, 1.82) is 0 Å². The van der Waals surface area contributed by atoms with Gasteiger partial charge >= 0.3 is 83.2 Å². The van der Waals surface area contributed by atoms with E-state index < -0.39 is 7.82 Å². The molecule has 0 aromatic heterocycles. The van der Waals surface area contributed by atoms with Crippen LogP contribution in [0, 0.1) is 0 Å². The van der Waals surface area contributed by atoms with Crippen LogP contribution in [0.15, 0.2) is 0 Å². The monoisotopic (exact) mass is 258 g/mol. The fraction of sp³-hybridized carbons (Fsp3) is 0. The van der Waals surface area contributed by atoms with Crippen LogP contribution >= 0.6 is 7.82 Å². The Morgan fingerprint density at radius 1 is 1.12 bits per heavy atom. The van der Waals surface area contributed by atoms with Gasteiger partial charge in [0.05, 0.1) is 0 Å². The van der Waals surface area contributed by atoms with E-state index in [0.717, 1.165) is 0 Å². The first-order valence-corrected chi connectivity index (χ1v) is 2.19. The Bertz CT molecular complexity index is 62.2. The van der Waals surface area contributed by atoms with Crippen molar-refractivity contribution in [3.63, 3.8) is 0 Å². The molecule has 0 aromatic carbocycles. The first-order chi connectivity index (χ1) is 2.00. The van der Waals surface area contributed by atoms with E-state index in [4.69, 9.17) is 19.2 Å². The molecule has 8 heavy (non-hydrogen) atoms. The minimum absolute atomic E-state index is 0. The fourth-order valence-electron chi connectivity index (χ4n) is 0. The van der Waals surface area contributed by atoms with Gasteiger partial charge in [0.1, 0.15) is 0 Å². The predicted octanol–water partition coefficient (Wildman–Crippen LogP) is -6.58. The summed E-state index contributed by atoms with van der Waals surface area (Å²) in [5.41, 5.74) is 0. The van der Waals surface area contributed by atoms with Gasteiger partial charge in [-0.2, -0.15) is 7.82 Å². The molecule has 0 N–H and O–H groups in total. The van der Waals surface area contributed by atoms with Gasteiger partial charge in [-0.05, 0) is 0 Å². The van der Waals surface area contributed by atoms with Gasteiger partial charge < -0.3 is 31.7 Å². The molecule has 0 aliphatic carbocycles. The standard InChI is InChI=1S/Ca.ClH.H3O4P.Sr/c;;1-5(2,3)4;/h;1H;(H3,1,2,3,4);/q+2;;;+2/p-4. The Balaban J connectivity index is -0.0000000267. The zero-order chi connectivity index (χ0) is 4.50. The third-order valence-corrected chi connectivity index (χ3v) is 0. The van der Waals surface area contributed by atoms with Crippen LogP contribution in [0.5, 0.6) is 0 Å². The van der Waals surface area contributed by atoms with Crippen LogP contribution in [0.4, 0.5) is 0 Å². The summed E-state index contributed by atoms with van der Waals surface area (Å²) in [6.07, 6.45) is 0. The van der Waals surface area contributed by atoms with Gasteiger partial charge in [-0.15, -0.1) is 0 Å². The predicted molar refractivity (Wildman–Crippen MR) is 19.1 cm³/mol. The van der Waals surface area contributed by atoms with Gasteiger partial charge in [0, 0.05) is 0 Å². The maximum Gasteiger partial charge on any atom is 2.00 e. The Morgan fingerprint density at radius 3 is 1.12 bits per heavy atom. The molecule has 0 aliphatic rings. The van der Waals surface area contributed by atoms with E-state index in [2.05, 4.69) is 0 Å². The molecule has 40 valence electrons. The first kappa shape index (κ1) is 22.5. The quantitative estimate of drug-likeness (QED) is 0.319. The van der Waals surface area contributed by atoms with Crippen LogP contribution in [-0.4, -0.2) is 83.2 Å². The molecular formula is CaClO4PSr. The van der Waals surface area contributed by atoms with E-state index in [-0.39, 0.29) is 95.6 Å². The zero-order valence-electron chi connectivity index (χ0n) is 3.87. The van der Waals surface area contributed by atoms with Crippen molar-refractivity contribution < 1.29 is 31.7 Å². The Hall–Kier alpha value is 3.14. The summed E-state index contributed by atoms with van der Waals surface area (Å²) < 4.78 is 8.55. The summed E-state index contributed by atoms with van der Waals surface area (Å²) in [5.74, 6) is 0. The molecule has 0 aliphatic heterocycles. The summed E-state index contributed by atoms with van der Waals surface area (Å²) in [6, 6.07) is 0. The molecule has 0 rings (SSSR count). The molecule has 8 heteroatoms. The van der Waals surface area contributed by atoms with E-state index in [0.29, 0.717) is 0 Å². The summed E-state index contributed by atoms with van der Waals surface area (Å²) in [7, 11) is -5.39. The Morgan fingerprint density at radius 2 is 1.12 bits per heavy atom. The van der Waals surface area contributed by atoms with E-state index >= 15 is 0 Å². The minimum Gasteiger partial charge on any atom is -1.00 e. The molecule has 0 spiro atoms. The summed E-state index contributed by atoms with van der Waals surface area (Å²) >= 11 is 0. The molecule has 0 aromatic rings. The van der Waals surface area contributed by atoms with E-state index in [1.54, 1.807) is 0 Å². The van der Waals surface area contributed by atoms with Crippen molar-refractivity contribution >= 4 is 91.0 Å². The van der Waals surface area contributed by atoms with Gasteiger partial charge in [0.2, 0.25) is 0 Å². The average Bonchev–Trinajstić information content (AvgIpc) is 0.722. The number of rotatable bonds is 0. The van der Waals surface area contributed by atoms with E-state index in [9.17, 15) is 0 Å². The smallest absolute Gasteiger partial charge is 1.00 e. The molecule has 0 atom stereocenters. The van der Waals surface area contributed by atoms with Gasteiger partial charge in [0.15, 0.2) is 0 Å². The van der Waals surface area contributed by atoms with Crippen LogP contribution in [-0.2, 0) is 4.57 Å². The molecule has 0 amide bonds. The van der Waals surface area contributed by atoms with Crippen molar-refractivity contribution in [2.24, 2.45) is 0 Å². The van der Waals surface area contributed by atoms with Gasteiger partial charge in [-0.25, -0.2) is 0 Å². The van der Waals surface area contributed by atoms with Crippen molar-refractivity contribution in [3.8, 4) is 0 Å². The number of hydrogen-bond acceptors (Lipinski definition) is 4. The van der Waals surface area contributed by atoms with E-state index in [1.165, 1.54) is 0 Å². The van der Waals surface area contributed by atoms with Crippen molar-refractivity contribution in [1.82, 2.24) is 0 Å². The average molecular weight is 258 g/mol. The van der Waals surface area contributed by atoms with Crippen LogP contribution in [0.3, 0.4) is 0 Å². The normalized spacial score (nSPS) is 7.38. The van der Waals surface area contributed by atoms with Crippen molar-refractivity contribution in [2.45, 2.75) is 0 Å². The molecule has 0 heterocycles. The largest absolute Gasteiger partial charge is 2.00 e. The Kier molecular flexibility index (Phi) is 28.5. The molecule has 0 saturated heterocycles. The van der Waals surface area contributed by atoms with Crippen LogP contribution in [0.1, 0.15) is 0 Å². The second-order valence-corrected chi connectivity index (χ2v) is 1.34.